The molecule has 2 aliphatic heterocycles. The van der Waals surface area contributed by atoms with Gasteiger partial charge < -0.3 is 9.47 Å². The van der Waals surface area contributed by atoms with Crippen LogP contribution in [0, 0.1) is 0 Å². The van der Waals surface area contributed by atoms with Gasteiger partial charge in [-0.1, -0.05) is 0 Å². The van der Waals surface area contributed by atoms with Crippen LogP contribution in [0.2, 0.25) is 0 Å². The van der Waals surface area contributed by atoms with Gasteiger partial charge in [-0.05, 0) is 6.42 Å². The molecule has 11 heavy (non-hydrogen) atoms. The van der Waals surface area contributed by atoms with Crippen LogP contribution in [0.15, 0.2) is 0 Å². The third-order valence-corrected chi connectivity index (χ3v) is 3.46. The quantitative estimate of drug-likeness (QED) is 0.480. The summed E-state index contributed by atoms with van der Waals surface area (Å²) in [7, 11) is 0. The van der Waals surface area contributed by atoms with Crippen molar-refractivity contribution in [3.05, 3.63) is 0 Å². The minimum absolute atomic E-state index is 0.328. The molecule has 0 bridgehead atoms. The number of halogens is 1. The van der Waals surface area contributed by atoms with E-state index in [0.717, 1.165) is 32.8 Å². The van der Waals surface area contributed by atoms with Crippen molar-refractivity contribution in [3.63, 3.8) is 0 Å². The van der Waals surface area contributed by atoms with Crippen LogP contribution in [0.25, 0.3) is 0 Å². The maximum Gasteiger partial charge on any atom is 0.0972 e. The highest BCUT2D eigenvalue weighted by molar-refractivity contribution is 14.1. The molecule has 0 aromatic heterocycles. The summed E-state index contributed by atoms with van der Waals surface area (Å²) in [6, 6.07) is 0.595. The highest BCUT2D eigenvalue weighted by Crippen LogP contribution is 2.23. The molecule has 0 N–H and O–H groups in total. The van der Waals surface area contributed by atoms with Crippen LogP contribution >= 0.6 is 22.9 Å². The summed E-state index contributed by atoms with van der Waals surface area (Å²) < 4.78 is 13.3. The molecule has 2 fully saturated rings. The molecule has 4 heteroatoms. The van der Waals surface area contributed by atoms with Crippen molar-refractivity contribution < 1.29 is 9.47 Å². The van der Waals surface area contributed by atoms with Crippen molar-refractivity contribution in [2.75, 3.05) is 26.4 Å². The molecule has 0 spiro atoms. The van der Waals surface area contributed by atoms with Gasteiger partial charge in [-0.25, -0.2) is 3.11 Å². The van der Waals surface area contributed by atoms with E-state index in [1.807, 2.05) is 0 Å². The lowest BCUT2D eigenvalue weighted by Crippen LogP contribution is -2.51. The number of rotatable bonds is 0. The molecule has 2 rings (SSSR count). The Morgan fingerprint density at radius 2 is 2.27 bits per heavy atom. The Hall–Kier alpha value is 0.610. The molecular weight excluding hydrogens is 257 g/mol. The van der Waals surface area contributed by atoms with Gasteiger partial charge >= 0.3 is 0 Å². The molecule has 0 aromatic carbocycles. The van der Waals surface area contributed by atoms with Gasteiger partial charge in [-0.3, -0.25) is 0 Å². The topological polar surface area (TPSA) is 21.7 Å². The van der Waals surface area contributed by atoms with Crippen molar-refractivity contribution >= 4 is 22.9 Å². The normalized spacial score (nSPS) is 40.1. The first-order chi connectivity index (χ1) is 5.38. The molecule has 2 aliphatic rings. The van der Waals surface area contributed by atoms with E-state index in [-0.39, 0.29) is 0 Å². The van der Waals surface area contributed by atoms with E-state index in [9.17, 15) is 0 Å². The summed E-state index contributed by atoms with van der Waals surface area (Å²) in [5.74, 6) is 0. The van der Waals surface area contributed by atoms with E-state index >= 15 is 0 Å². The predicted octanol–water partition coefficient (Wildman–Crippen LogP) is 0.826. The molecule has 64 valence electrons. The maximum absolute atomic E-state index is 5.58. The molecule has 0 amide bonds. The summed E-state index contributed by atoms with van der Waals surface area (Å²) >= 11 is 2.39. The molecule has 2 saturated heterocycles. The number of morpholine rings is 1. The fourth-order valence-corrected chi connectivity index (χ4v) is 2.47. The lowest BCUT2D eigenvalue weighted by atomic mass is 10.1. The zero-order valence-electron chi connectivity index (χ0n) is 6.33. The second-order valence-corrected chi connectivity index (χ2v) is 4.20. The molecule has 0 radical (unpaired) electrons. The van der Waals surface area contributed by atoms with E-state index in [4.69, 9.17) is 9.47 Å². The van der Waals surface area contributed by atoms with Crippen LogP contribution in [0.3, 0.4) is 0 Å². The van der Waals surface area contributed by atoms with E-state index < -0.39 is 0 Å². The Labute approximate surface area is 80.5 Å². The number of nitrogens with zero attached hydrogens (tertiary/aromatic N) is 1. The summed E-state index contributed by atoms with van der Waals surface area (Å²) in [4.78, 5) is 0. The summed E-state index contributed by atoms with van der Waals surface area (Å²) in [6.45, 7) is 3.59. The highest BCUT2D eigenvalue weighted by Gasteiger charge is 2.33. The average Bonchev–Trinajstić information content (AvgIpc) is 2.06. The van der Waals surface area contributed by atoms with Gasteiger partial charge in [0.25, 0.3) is 0 Å². The van der Waals surface area contributed by atoms with Crippen LogP contribution in [0.1, 0.15) is 6.42 Å². The van der Waals surface area contributed by atoms with Crippen molar-refractivity contribution in [3.8, 4) is 0 Å². The van der Waals surface area contributed by atoms with Gasteiger partial charge in [0.1, 0.15) is 0 Å². The van der Waals surface area contributed by atoms with E-state index in [0.29, 0.717) is 12.1 Å². The lowest BCUT2D eigenvalue weighted by molar-refractivity contribution is -0.107. The van der Waals surface area contributed by atoms with Gasteiger partial charge in [0, 0.05) is 36.0 Å². The van der Waals surface area contributed by atoms with Crippen LogP contribution in [0.5, 0.6) is 0 Å². The molecule has 2 atom stereocenters. The van der Waals surface area contributed by atoms with E-state index in [1.165, 1.54) is 0 Å². The lowest BCUT2D eigenvalue weighted by Gasteiger charge is -2.40. The first-order valence-electron chi connectivity index (χ1n) is 4.00. The molecule has 0 saturated carbocycles. The monoisotopic (exact) mass is 269 g/mol. The second-order valence-electron chi connectivity index (χ2n) is 2.96. The minimum atomic E-state index is 0.328. The molecule has 0 aliphatic carbocycles. The predicted molar refractivity (Wildman–Crippen MR) is 49.7 cm³/mol. The summed E-state index contributed by atoms with van der Waals surface area (Å²) in [6.07, 6.45) is 1.45. The fraction of sp³-hybridized carbons (Fsp3) is 1.00. The first kappa shape index (κ1) is 8.22. The third kappa shape index (κ3) is 1.68. The van der Waals surface area contributed by atoms with Crippen LogP contribution < -0.4 is 0 Å². The standard InChI is InChI=1S/C7H12INO2/c8-9-2-4-11-7-5-10-3-1-6(7)9/h6-7H,1-5H2/t6-,7+/m1/s1. The van der Waals surface area contributed by atoms with Crippen molar-refractivity contribution in [2.24, 2.45) is 0 Å². The molecule has 0 aromatic rings. The zero-order chi connectivity index (χ0) is 7.68. The molecular formula is C7H12INO2. The average molecular weight is 269 g/mol. The number of ether oxygens (including phenoxy) is 2. The second kappa shape index (κ2) is 3.55. The first-order valence-corrected chi connectivity index (χ1v) is 4.96. The van der Waals surface area contributed by atoms with Gasteiger partial charge in [-0.2, -0.15) is 0 Å². The van der Waals surface area contributed by atoms with Crippen molar-refractivity contribution in [1.29, 1.82) is 0 Å². The summed E-state index contributed by atoms with van der Waals surface area (Å²) in [5.41, 5.74) is 0. The van der Waals surface area contributed by atoms with Crippen LogP contribution in [0.4, 0.5) is 0 Å². The Balaban J connectivity index is 1.99. The van der Waals surface area contributed by atoms with Crippen LogP contribution in [-0.4, -0.2) is 41.6 Å². The van der Waals surface area contributed by atoms with Gasteiger partial charge in [0.15, 0.2) is 0 Å². The van der Waals surface area contributed by atoms with Gasteiger partial charge in [0.2, 0.25) is 0 Å². The minimum Gasteiger partial charge on any atom is -0.379 e. The third-order valence-electron chi connectivity index (χ3n) is 2.27. The number of hydrogen-bond acceptors (Lipinski definition) is 3. The maximum atomic E-state index is 5.58. The molecule has 2 heterocycles. The van der Waals surface area contributed by atoms with E-state index in [2.05, 4.69) is 26.0 Å². The Morgan fingerprint density at radius 1 is 1.36 bits per heavy atom. The fourth-order valence-electron chi connectivity index (χ4n) is 1.64. The highest BCUT2D eigenvalue weighted by atomic mass is 127. The SMILES string of the molecule is IN1CCO[C@H]2COCC[C@H]21. The molecule has 3 nitrogen and oxygen atoms in total. The Kier molecular flexibility index (Phi) is 2.65. The van der Waals surface area contributed by atoms with E-state index in [1.54, 1.807) is 0 Å². The van der Waals surface area contributed by atoms with Crippen molar-refractivity contribution in [1.82, 2.24) is 3.11 Å². The van der Waals surface area contributed by atoms with Gasteiger partial charge in [-0.15, -0.1) is 0 Å². The summed E-state index contributed by atoms with van der Waals surface area (Å²) in [5, 5.41) is 0. The molecule has 0 unspecified atom stereocenters. The van der Waals surface area contributed by atoms with Crippen molar-refractivity contribution in [2.45, 2.75) is 18.6 Å². The van der Waals surface area contributed by atoms with Gasteiger partial charge in [0.05, 0.1) is 25.4 Å². The van der Waals surface area contributed by atoms with Crippen LogP contribution in [-0.2, 0) is 9.47 Å². The number of fused-ring (bicyclic) bond motifs is 1. The largest absolute Gasteiger partial charge is 0.379 e. The number of hydrogen-bond donors (Lipinski definition) is 0. The Bertz CT molecular complexity index is 142. The zero-order valence-corrected chi connectivity index (χ0v) is 8.49. The smallest absolute Gasteiger partial charge is 0.0972 e. The Morgan fingerprint density at radius 3 is 3.09 bits per heavy atom.